The number of carboxylic acids is 1. The zero-order valence-electron chi connectivity index (χ0n) is 18.7. The second-order valence-corrected chi connectivity index (χ2v) is 8.71. The summed E-state index contributed by atoms with van der Waals surface area (Å²) in [4.78, 5) is 41.4. The number of amides is 2. The molecule has 2 N–H and O–H groups in total. The van der Waals surface area contributed by atoms with Crippen LogP contribution < -0.4 is 5.32 Å². The molecule has 0 atom stereocenters. The van der Waals surface area contributed by atoms with Crippen LogP contribution in [0.4, 0.5) is 18.9 Å². The van der Waals surface area contributed by atoms with E-state index in [9.17, 15) is 32.7 Å². The number of aliphatic carboxylic acids is 1. The fraction of sp³-hybridized carbons (Fsp3) is 0.348. The third kappa shape index (κ3) is 5.26. The number of hydrogen-bond acceptors (Lipinski definition) is 5. The smallest absolute Gasteiger partial charge is 0.433 e. The molecule has 2 amide bonds. The van der Waals surface area contributed by atoms with Gasteiger partial charge in [-0.1, -0.05) is 6.07 Å². The number of nitrogens with one attached hydrogen (secondary N) is 1. The van der Waals surface area contributed by atoms with Gasteiger partial charge in [0.05, 0.1) is 10.9 Å². The number of rotatable bonds is 5. The van der Waals surface area contributed by atoms with Gasteiger partial charge < -0.3 is 15.3 Å². The van der Waals surface area contributed by atoms with Crippen LogP contribution in [-0.4, -0.2) is 55.6 Å². The van der Waals surface area contributed by atoms with Crippen LogP contribution in [0.5, 0.6) is 0 Å². The Hall–Kier alpha value is -3.96. The summed E-state index contributed by atoms with van der Waals surface area (Å²) in [5, 5.41) is 16.8. The number of piperidine rings is 1. The van der Waals surface area contributed by atoms with Crippen molar-refractivity contribution in [2.75, 3.05) is 18.4 Å². The molecule has 0 unspecified atom stereocenters. The molecule has 0 bridgehead atoms. The van der Waals surface area contributed by atoms with Crippen LogP contribution in [0.2, 0.25) is 0 Å². The Morgan fingerprint density at radius 3 is 2.51 bits per heavy atom. The van der Waals surface area contributed by atoms with Gasteiger partial charge in [0.15, 0.2) is 0 Å². The van der Waals surface area contributed by atoms with E-state index in [1.165, 1.54) is 10.7 Å². The highest BCUT2D eigenvalue weighted by atomic mass is 19.4. The van der Waals surface area contributed by atoms with E-state index in [0.717, 1.165) is 12.1 Å². The molecule has 1 aromatic carbocycles. The first-order valence-electron chi connectivity index (χ1n) is 10.8. The summed E-state index contributed by atoms with van der Waals surface area (Å²) in [6.45, 7) is 2.34. The van der Waals surface area contributed by atoms with E-state index in [1.807, 2.05) is 0 Å². The molecule has 2 aromatic heterocycles. The van der Waals surface area contributed by atoms with E-state index in [4.69, 9.17) is 0 Å². The van der Waals surface area contributed by atoms with Crippen molar-refractivity contribution in [1.82, 2.24) is 19.7 Å². The first-order chi connectivity index (χ1) is 16.4. The lowest BCUT2D eigenvalue weighted by molar-refractivity contribution is -0.153. The second kappa shape index (κ2) is 9.01. The second-order valence-electron chi connectivity index (χ2n) is 8.71. The van der Waals surface area contributed by atoms with Crippen LogP contribution in [0.15, 0.2) is 42.6 Å². The van der Waals surface area contributed by atoms with E-state index in [1.54, 1.807) is 36.2 Å². The first-order valence-corrected chi connectivity index (χ1v) is 10.8. The van der Waals surface area contributed by atoms with Crippen molar-refractivity contribution in [1.29, 1.82) is 0 Å². The molecule has 0 aliphatic carbocycles. The minimum Gasteiger partial charge on any atom is -0.481 e. The number of anilines is 1. The van der Waals surface area contributed by atoms with Crippen molar-refractivity contribution in [3.63, 3.8) is 0 Å². The van der Waals surface area contributed by atoms with Gasteiger partial charge in [0.2, 0.25) is 5.91 Å². The minimum absolute atomic E-state index is 0.0334. The maximum Gasteiger partial charge on any atom is 0.433 e. The summed E-state index contributed by atoms with van der Waals surface area (Å²) in [5.41, 5.74) is -1.47. The summed E-state index contributed by atoms with van der Waals surface area (Å²) < 4.78 is 40.0. The molecule has 0 spiro atoms. The first kappa shape index (κ1) is 24.2. The number of benzene rings is 1. The Morgan fingerprint density at radius 1 is 1.14 bits per heavy atom. The number of carbonyl (C=O) groups excluding carboxylic acids is 2. The molecule has 4 rings (SSSR count). The monoisotopic (exact) mass is 489 g/mol. The normalized spacial score (nSPS) is 15.7. The maximum absolute atomic E-state index is 12.9. The molecular weight excluding hydrogens is 467 g/mol. The standard InChI is InChI=1S/C23H22F3N5O4/c1-22(21(34)35)7-9-30(10-8-22)19(32)13-31-12-14-11-15(5-6-16(14)29-31)27-20(33)17-3-2-4-18(28-17)23(24,25)26/h2-6,11-12H,7-10,13H2,1H3,(H,27,33)(H,34,35). The summed E-state index contributed by atoms with van der Waals surface area (Å²) in [6, 6.07) is 7.84. The quantitative estimate of drug-likeness (QED) is 0.567. The van der Waals surface area contributed by atoms with Gasteiger partial charge in [0.25, 0.3) is 5.91 Å². The van der Waals surface area contributed by atoms with E-state index in [2.05, 4.69) is 15.4 Å². The van der Waals surface area contributed by atoms with Crippen LogP contribution in [-0.2, 0) is 22.3 Å². The Bertz CT molecular complexity index is 1300. The van der Waals surface area contributed by atoms with Gasteiger partial charge in [-0.05, 0) is 50.1 Å². The number of aromatic nitrogens is 3. The Labute approximate surface area is 197 Å². The van der Waals surface area contributed by atoms with Crippen molar-refractivity contribution in [2.24, 2.45) is 5.41 Å². The van der Waals surface area contributed by atoms with Gasteiger partial charge >= 0.3 is 12.1 Å². The SMILES string of the molecule is CC1(C(=O)O)CCN(C(=O)Cn2cc3cc(NC(=O)c4cccc(C(F)(F)F)n4)ccc3n2)CC1. The van der Waals surface area contributed by atoms with Gasteiger partial charge in [0, 0.05) is 30.4 Å². The summed E-state index contributed by atoms with van der Waals surface area (Å²) in [6.07, 6.45) is -2.29. The predicted molar refractivity (Wildman–Crippen MR) is 118 cm³/mol. The molecule has 1 saturated heterocycles. The Balaban J connectivity index is 1.42. The van der Waals surface area contributed by atoms with Crippen LogP contribution in [0.25, 0.3) is 10.9 Å². The highest BCUT2D eigenvalue weighted by Crippen LogP contribution is 2.31. The van der Waals surface area contributed by atoms with Crippen molar-refractivity contribution in [3.05, 3.63) is 54.0 Å². The van der Waals surface area contributed by atoms with E-state index in [-0.39, 0.29) is 18.1 Å². The molecular formula is C23H22F3N5O4. The van der Waals surface area contributed by atoms with Crippen LogP contribution in [0.3, 0.4) is 0 Å². The zero-order chi connectivity index (χ0) is 25.4. The van der Waals surface area contributed by atoms with E-state index < -0.39 is 29.2 Å². The van der Waals surface area contributed by atoms with Gasteiger partial charge in [0.1, 0.15) is 17.9 Å². The highest BCUT2D eigenvalue weighted by molar-refractivity contribution is 6.03. The molecule has 184 valence electrons. The molecule has 12 heteroatoms. The molecule has 1 fully saturated rings. The lowest BCUT2D eigenvalue weighted by Gasteiger charge is -2.36. The van der Waals surface area contributed by atoms with Crippen LogP contribution >= 0.6 is 0 Å². The van der Waals surface area contributed by atoms with Crippen LogP contribution in [0, 0.1) is 5.41 Å². The number of hydrogen-bond donors (Lipinski definition) is 2. The number of halogens is 3. The summed E-state index contributed by atoms with van der Waals surface area (Å²) in [7, 11) is 0. The number of nitrogens with zero attached hydrogens (tertiary/aromatic N) is 4. The van der Waals surface area contributed by atoms with E-state index >= 15 is 0 Å². The van der Waals surface area contributed by atoms with Crippen molar-refractivity contribution in [3.8, 4) is 0 Å². The molecule has 0 saturated carbocycles. The molecule has 35 heavy (non-hydrogen) atoms. The summed E-state index contributed by atoms with van der Waals surface area (Å²) >= 11 is 0. The molecule has 9 nitrogen and oxygen atoms in total. The number of fused-ring (bicyclic) bond motifs is 1. The lowest BCUT2D eigenvalue weighted by Crippen LogP contribution is -2.46. The average molecular weight is 489 g/mol. The highest BCUT2D eigenvalue weighted by Gasteiger charge is 2.38. The van der Waals surface area contributed by atoms with Gasteiger partial charge in [-0.15, -0.1) is 0 Å². The number of carbonyl (C=O) groups is 3. The largest absolute Gasteiger partial charge is 0.481 e. The predicted octanol–water partition coefficient (Wildman–Crippen LogP) is 3.42. The average Bonchev–Trinajstić information content (AvgIpc) is 3.20. The molecule has 1 aliphatic rings. The van der Waals surface area contributed by atoms with Gasteiger partial charge in [-0.2, -0.15) is 18.3 Å². The maximum atomic E-state index is 12.9. The van der Waals surface area contributed by atoms with Crippen LogP contribution in [0.1, 0.15) is 35.9 Å². The molecule has 3 heterocycles. The Morgan fingerprint density at radius 2 is 1.86 bits per heavy atom. The lowest BCUT2D eigenvalue weighted by atomic mass is 9.80. The third-order valence-electron chi connectivity index (χ3n) is 6.12. The molecule has 1 aliphatic heterocycles. The van der Waals surface area contributed by atoms with Crippen molar-refractivity contribution in [2.45, 2.75) is 32.5 Å². The fourth-order valence-electron chi connectivity index (χ4n) is 3.85. The molecule has 3 aromatic rings. The van der Waals surface area contributed by atoms with Gasteiger partial charge in [-0.3, -0.25) is 19.1 Å². The molecule has 0 radical (unpaired) electrons. The summed E-state index contributed by atoms with van der Waals surface area (Å²) in [5.74, 6) is -1.85. The number of pyridine rings is 1. The van der Waals surface area contributed by atoms with Crippen molar-refractivity contribution >= 4 is 34.4 Å². The zero-order valence-corrected chi connectivity index (χ0v) is 18.7. The topological polar surface area (TPSA) is 117 Å². The van der Waals surface area contributed by atoms with E-state index in [0.29, 0.717) is 42.5 Å². The number of likely N-dealkylation sites (tertiary alicyclic amines) is 1. The fourth-order valence-corrected chi connectivity index (χ4v) is 3.85. The number of alkyl halides is 3. The Kier molecular flexibility index (Phi) is 6.22. The van der Waals surface area contributed by atoms with Crippen molar-refractivity contribution < 1.29 is 32.7 Å². The third-order valence-corrected chi connectivity index (χ3v) is 6.12. The minimum atomic E-state index is -4.66. The number of carboxylic acid groups (broad SMARTS) is 1. The van der Waals surface area contributed by atoms with Gasteiger partial charge in [-0.25, -0.2) is 4.98 Å².